The van der Waals surface area contributed by atoms with Gasteiger partial charge in [0.25, 0.3) is 0 Å². The van der Waals surface area contributed by atoms with Crippen molar-refractivity contribution >= 4 is 11.9 Å². The summed E-state index contributed by atoms with van der Waals surface area (Å²) in [5.41, 5.74) is 0.991. The first kappa shape index (κ1) is 13.2. The Hall–Kier alpha value is -1.44. The van der Waals surface area contributed by atoms with Crippen molar-refractivity contribution in [1.29, 1.82) is 0 Å². The van der Waals surface area contributed by atoms with E-state index in [1.165, 1.54) is 25.7 Å². The van der Waals surface area contributed by atoms with Gasteiger partial charge in [-0.05, 0) is 73.6 Å². The fourth-order valence-electron chi connectivity index (χ4n) is 5.30. The molecule has 0 aliphatic heterocycles. The standard InChI is InChI=1S/C19H23NO/c21-18(6-5-14-3-2-8-20-13-14)19-7-1-4-16-9-15(11-19)10-17(16)12-19/h2-3,5-6,8,13,15-17H,1,4,7,9-12H2/b6-5+. The molecule has 4 rings (SSSR count). The third-order valence-corrected chi connectivity index (χ3v) is 6.14. The number of nitrogens with zero attached hydrogens (tertiary/aromatic N) is 1. The smallest absolute Gasteiger partial charge is 0.161 e. The highest BCUT2D eigenvalue weighted by Gasteiger charge is 2.52. The molecule has 0 N–H and O–H groups in total. The highest BCUT2D eigenvalue weighted by Crippen LogP contribution is 2.59. The zero-order chi connectivity index (χ0) is 14.3. The van der Waals surface area contributed by atoms with Crippen LogP contribution in [0.2, 0.25) is 0 Å². The van der Waals surface area contributed by atoms with Crippen LogP contribution in [0, 0.1) is 23.2 Å². The molecule has 110 valence electrons. The first-order valence-corrected chi connectivity index (χ1v) is 8.38. The number of fused-ring (bicyclic) bond motifs is 2. The predicted molar refractivity (Wildman–Crippen MR) is 83.5 cm³/mol. The molecule has 0 amide bonds. The number of hydrogen-bond acceptors (Lipinski definition) is 2. The summed E-state index contributed by atoms with van der Waals surface area (Å²) in [6, 6.07) is 3.92. The lowest BCUT2D eigenvalue weighted by atomic mass is 9.65. The SMILES string of the molecule is O=C(/C=C/c1cccnc1)C12CCCC3CC(CC3C1)C2. The zero-order valence-corrected chi connectivity index (χ0v) is 12.5. The minimum Gasteiger partial charge on any atom is -0.294 e. The predicted octanol–water partition coefficient (Wildman–Crippen LogP) is 4.27. The molecule has 3 aliphatic carbocycles. The topological polar surface area (TPSA) is 30.0 Å². The molecule has 0 aromatic carbocycles. The molecule has 0 spiro atoms. The van der Waals surface area contributed by atoms with E-state index in [1.54, 1.807) is 6.20 Å². The normalized spacial score (nSPS) is 37.8. The van der Waals surface area contributed by atoms with Crippen LogP contribution in [0.4, 0.5) is 0 Å². The lowest BCUT2D eigenvalue weighted by Crippen LogP contribution is -2.35. The van der Waals surface area contributed by atoms with Crippen LogP contribution >= 0.6 is 0 Å². The maximum absolute atomic E-state index is 12.9. The van der Waals surface area contributed by atoms with Crippen molar-refractivity contribution in [1.82, 2.24) is 4.98 Å². The van der Waals surface area contributed by atoms with Gasteiger partial charge in [0.05, 0.1) is 0 Å². The maximum Gasteiger partial charge on any atom is 0.161 e. The van der Waals surface area contributed by atoms with Gasteiger partial charge in [-0.3, -0.25) is 9.78 Å². The molecule has 4 atom stereocenters. The van der Waals surface area contributed by atoms with E-state index in [9.17, 15) is 4.79 Å². The summed E-state index contributed by atoms with van der Waals surface area (Å²) in [4.78, 5) is 17.0. The summed E-state index contributed by atoms with van der Waals surface area (Å²) in [5, 5.41) is 0. The van der Waals surface area contributed by atoms with Crippen molar-refractivity contribution in [3.05, 3.63) is 36.2 Å². The Morgan fingerprint density at radius 1 is 1.29 bits per heavy atom. The molecule has 1 heterocycles. The van der Waals surface area contributed by atoms with Crippen LogP contribution in [-0.2, 0) is 4.79 Å². The highest BCUT2D eigenvalue weighted by atomic mass is 16.1. The fraction of sp³-hybridized carbons (Fsp3) is 0.579. The van der Waals surface area contributed by atoms with Crippen LogP contribution in [0.5, 0.6) is 0 Å². The van der Waals surface area contributed by atoms with E-state index in [0.717, 1.165) is 42.6 Å². The zero-order valence-electron chi connectivity index (χ0n) is 12.5. The number of rotatable bonds is 3. The van der Waals surface area contributed by atoms with E-state index in [-0.39, 0.29) is 5.41 Å². The van der Waals surface area contributed by atoms with Gasteiger partial charge in [0.2, 0.25) is 0 Å². The Balaban J connectivity index is 1.57. The van der Waals surface area contributed by atoms with Crippen LogP contribution in [0.1, 0.15) is 50.5 Å². The van der Waals surface area contributed by atoms with E-state index in [1.807, 2.05) is 30.5 Å². The lowest BCUT2D eigenvalue weighted by Gasteiger charge is -2.38. The Kier molecular flexibility index (Phi) is 3.20. The van der Waals surface area contributed by atoms with Crippen LogP contribution in [-0.4, -0.2) is 10.8 Å². The first-order valence-electron chi connectivity index (χ1n) is 8.38. The molecule has 3 fully saturated rings. The first-order chi connectivity index (χ1) is 10.3. The van der Waals surface area contributed by atoms with Crippen LogP contribution < -0.4 is 0 Å². The van der Waals surface area contributed by atoms with Gasteiger partial charge >= 0.3 is 0 Å². The number of allylic oxidation sites excluding steroid dienone is 1. The van der Waals surface area contributed by atoms with Crippen molar-refractivity contribution in [2.75, 3.05) is 0 Å². The van der Waals surface area contributed by atoms with E-state index in [2.05, 4.69) is 4.98 Å². The summed E-state index contributed by atoms with van der Waals surface area (Å²) in [5.74, 6) is 2.96. The average Bonchev–Trinajstić information content (AvgIpc) is 2.72. The fourth-order valence-corrected chi connectivity index (χ4v) is 5.30. The van der Waals surface area contributed by atoms with Crippen LogP contribution in [0.3, 0.4) is 0 Å². The minimum atomic E-state index is -0.0302. The van der Waals surface area contributed by atoms with Gasteiger partial charge in [-0.25, -0.2) is 0 Å². The number of hydrogen-bond donors (Lipinski definition) is 0. The van der Waals surface area contributed by atoms with Crippen molar-refractivity contribution in [3.8, 4) is 0 Å². The van der Waals surface area contributed by atoms with E-state index >= 15 is 0 Å². The molecule has 4 unspecified atom stereocenters. The van der Waals surface area contributed by atoms with E-state index in [4.69, 9.17) is 0 Å². The van der Waals surface area contributed by atoms with Gasteiger partial charge in [0, 0.05) is 17.8 Å². The Labute approximate surface area is 126 Å². The largest absolute Gasteiger partial charge is 0.294 e. The Morgan fingerprint density at radius 3 is 3.05 bits per heavy atom. The molecule has 3 bridgehead atoms. The van der Waals surface area contributed by atoms with Crippen LogP contribution in [0.15, 0.2) is 30.6 Å². The molecular formula is C19H23NO. The van der Waals surface area contributed by atoms with Gasteiger partial charge in [0.15, 0.2) is 5.78 Å². The Bertz CT molecular complexity index is 564. The summed E-state index contributed by atoms with van der Waals surface area (Å²) < 4.78 is 0. The molecule has 2 heteroatoms. The average molecular weight is 281 g/mol. The van der Waals surface area contributed by atoms with Crippen molar-refractivity contribution in [2.45, 2.75) is 44.9 Å². The molecule has 0 radical (unpaired) electrons. The van der Waals surface area contributed by atoms with E-state index < -0.39 is 0 Å². The van der Waals surface area contributed by atoms with Crippen molar-refractivity contribution < 1.29 is 4.79 Å². The third kappa shape index (κ3) is 2.35. The van der Waals surface area contributed by atoms with Gasteiger partial charge in [0.1, 0.15) is 0 Å². The molecule has 1 aromatic rings. The second-order valence-electron chi connectivity index (χ2n) is 7.42. The number of carbonyl (C=O) groups is 1. The quantitative estimate of drug-likeness (QED) is 0.774. The van der Waals surface area contributed by atoms with Gasteiger partial charge in [-0.2, -0.15) is 0 Å². The summed E-state index contributed by atoms with van der Waals surface area (Å²) in [6.45, 7) is 0. The molecule has 21 heavy (non-hydrogen) atoms. The number of aromatic nitrogens is 1. The lowest BCUT2D eigenvalue weighted by molar-refractivity contribution is -0.127. The van der Waals surface area contributed by atoms with Gasteiger partial charge in [-0.1, -0.05) is 18.9 Å². The summed E-state index contributed by atoms with van der Waals surface area (Å²) in [7, 11) is 0. The molecular weight excluding hydrogens is 258 g/mol. The van der Waals surface area contributed by atoms with Crippen molar-refractivity contribution in [3.63, 3.8) is 0 Å². The Morgan fingerprint density at radius 2 is 2.19 bits per heavy atom. The molecule has 1 aromatic heterocycles. The third-order valence-electron chi connectivity index (χ3n) is 6.14. The summed E-state index contributed by atoms with van der Waals surface area (Å²) in [6.07, 6.45) is 16.2. The number of ketones is 1. The number of pyridine rings is 1. The maximum atomic E-state index is 12.9. The molecule has 0 saturated heterocycles. The van der Waals surface area contributed by atoms with Gasteiger partial charge in [-0.15, -0.1) is 0 Å². The molecule has 3 saturated carbocycles. The number of carbonyl (C=O) groups excluding carboxylic acids is 1. The summed E-state index contributed by atoms with van der Waals surface area (Å²) >= 11 is 0. The van der Waals surface area contributed by atoms with Crippen LogP contribution in [0.25, 0.3) is 6.08 Å². The van der Waals surface area contributed by atoms with Gasteiger partial charge < -0.3 is 0 Å². The van der Waals surface area contributed by atoms with E-state index in [0.29, 0.717) is 5.78 Å². The minimum absolute atomic E-state index is 0.0302. The molecule has 2 nitrogen and oxygen atoms in total. The van der Waals surface area contributed by atoms with Crippen molar-refractivity contribution in [2.24, 2.45) is 23.2 Å². The molecule has 3 aliphatic rings. The monoisotopic (exact) mass is 281 g/mol. The highest BCUT2D eigenvalue weighted by molar-refractivity contribution is 5.98. The second-order valence-corrected chi connectivity index (χ2v) is 7.42. The second kappa shape index (κ2) is 5.08.